The Morgan fingerprint density at radius 2 is 1.10 bits per heavy atom. The summed E-state index contributed by atoms with van der Waals surface area (Å²) in [5, 5.41) is 10.1. The van der Waals surface area contributed by atoms with Gasteiger partial charge in [0.1, 0.15) is 19.6 Å². The Hall–Kier alpha value is -3.20. The predicted molar refractivity (Wildman–Crippen MR) is 190 cm³/mol. The van der Waals surface area contributed by atoms with E-state index < -0.39 is 71.5 Å². The summed E-state index contributed by atoms with van der Waals surface area (Å²) in [6.07, 6.45) is 6.84. The van der Waals surface area contributed by atoms with Crippen molar-refractivity contribution in [1.29, 1.82) is 0 Å². The fourth-order valence-electron chi connectivity index (χ4n) is 8.02. The number of benzene rings is 3. The normalized spacial score (nSPS) is 22.8. The molecule has 0 saturated heterocycles. The molecule has 14 nitrogen and oxygen atoms in total. The van der Waals surface area contributed by atoms with Crippen molar-refractivity contribution in [3.8, 4) is 0 Å². The van der Waals surface area contributed by atoms with Crippen LogP contribution >= 0.6 is 15.9 Å². The molecule has 0 radical (unpaired) electrons. The van der Waals surface area contributed by atoms with Gasteiger partial charge in [-0.3, -0.25) is 9.59 Å². The van der Waals surface area contributed by atoms with E-state index in [1.54, 1.807) is 19.1 Å². The van der Waals surface area contributed by atoms with Crippen LogP contribution in [0.1, 0.15) is 60.9 Å². The van der Waals surface area contributed by atoms with Crippen LogP contribution in [0.4, 0.5) is 0 Å². The van der Waals surface area contributed by atoms with Crippen LogP contribution < -0.4 is 19.7 Å². The van der Waals surface area contributed by atoms with Crippen molar-refractivity contribution in [1.82, 2.24) is 9.44 Å². The molecule has 2 amide bonds. The zero-order chi connectivity index (χ0) is 37.6. The molecule has 0 aliphatic heterocycles. The number of hydrogen-bond acceptors (Lipinski definition) is 10. The molecule has 3 aromatic rings. The first-order valence-electron chi connectivity index (χ1n) is 15.7. The number of rotatable bonds is 9. The van der Waals surface area contributed by atoms with Gasteiger partial charge in [-0.15, -0.1) is 0 Å². The number of aryl methyl sites for hydroxylation is 1. The van der Waals surface area contributed by atoms with Gasteiger partial charge in [-0.25, -0.2) is 53.4 Å². The van der Waals surface area contributed by atoms with E-state index in [1.165, 1.54) is 49.6 Å². The fourth-order valence-corrected chi connectivity index (χ4v) is 13.2. The number of sulfonamides is 4. The number of hydrogen-bond donors (Lipinski definition) is 4. The standard InChI is InChI=1S/C18H24N2O5S2.C14H13BrN2O5S2/c19-26(22,23)15-3-1-2-4-16(15)27(24,25)20-17(21)11-18-8-12-5-13(9-18)7-14(6-12)10-18;1-9-8-10(15)6-7-11(9)14(18)17-24(21,22)13-5-3-2-4-12(13)23(16,19)20/h1-4,12-14H,5-11H2,(H,20,21)(H2,19,22,23);2-8H,1H3,(H,17,18)(H2,16,19,20). The number of nitrogens with one attached hydrogen (secondary N) is 2. The van der Waals surface area contributed by atoms with E-state index in [0.29, 0.717) is 23.3 Å². The van der Waals surface area contributed by atoms with Crippen LogP contribution in [0.3, 0.4) is 0 Å². The second-order valence-electron chi connectivity index (χ2n) is 13.5. The van der Waals surface area contributed by atoms with Crippen molar-refractivity contribution in [2.45, 2.75) is 71.5 Å². The molecule has 51 heavy (non-hydrogen) atoms. The molecule has 3 aromatic carbocycles. The molecule has 7 rings (SSSR count). The fraction of sp³-hybridized carbons (Fsp3) is 0.375. The molecule has 4 fully saturated rings. The molecule has 4 saturated carbocycles. The number of primary sulfonamides is 2. The van der Waals surface area contributed by atoms with Crippen LogP contribution in [0.2, 0.25) is 0 Å². The van der Waals surface area contributed by atoms with Gasteiger partial charge in [0.15, 0.2) is 0 Å². The molecule has 0 unspecified atom stereocenters. The van der Waals surface area contributed by atoms with Crippen LogP contribution in [-0.4, -0.2) is 45.5 Å². The summed E-state index contributed by atoms with van der Waals surface area (Å²) in [5.41, 5.74) is 0.597. The minimum absolute atomic E-state index is 0.103. The van der Waals surface area contributed by atoms with Gasteiger partial charge in [0.2, 0.25) is 26.0 Å². The quantitative estimate of drug-likeness (QED) is 0.245. The van der Waals surface area contributed by atoms with Crippen molar-refractivity contribution in [2.24, 2.45) is 33.4 Å². The molecule has 0 heterocycles. The monoisotopic (exact) mass is 844 g/mol. The third-order valence-electron chi connectivity index (χ3n) is 9.50. The van der Waals surface area contributed by atoms with Crippen LogP contribution in [0.5, 0.6) is 0 Å². The summed E-state index contributed by atoms with van der Waals surface area (Å²) in [5.74, 6) is 0.529. The number of amides is 2. The molecule has 0 aromatic heterocycles. The van der Waals surface area contributed by atoms with Gasteiger partial charge in [-0.2, -0.15) is 0 Å². The van der Waals surface area contributed by atoms with Gasteiger partial charge < -0.3 is 0 Å². The number of nitrogens with two attached hydrogens (primary N) is 2. The van der Waals surface area contributed by atoms with Gasteiger partial charge in [0.05, 0.1) is 0 Å². The van der Waals surface area contributed by atoms with Crippen molar-refractivity contribution >= 4 is 67.8 Å². The maximum absolute atomic E-state index is 12.6. The van der Waals surface area contributed by atoms with Crippen LogP contribution in [0.25, 0.3) is 0 Å². The van der Waals surface area contributed by atoms with Crippen molar-refractivity contribution in [2.75, 3.05) is 0 Å². The first-order chi connectivity index (χ1) is 23.6. The second kappa shape index (κ2) is 14.3. The highest BCUT2D eigenvalue weighted by molar-refractivity contribution is 9.10. The summed E-state index contributed by atoms with van der Waals surface area (Å²) in [6, 6.07) is 14.5. The summed E-state index contributed by atoms with van der Waals surface area (Å²) >= 11 is 3.24. The Balaban J connectivity index is 0.000000199. The highest BCUT2D eigenvalue weighted by Gasteiger charge is 2.51. The minimum atomic E-state index is -4.42. The topological polar surface area (TPSA) is 247 Å². The van der Waals surface area contributed by atoms with E-state index in [1.807, 2.05) is 4.72 Å². The lowest BCUT2D eigenvalue weighted by Crippen LogP contribution is -2.48. The van der Waals surface area contributed by atoms with E-state index in [2.05, 4.69) is 20.7 Å². The van der Waals surface area contributed by atoms with Gasteiger partial charge in [0, 0.05) is 16.5 Å². The van der Waals surface area contributed by atoms with E-state index in [-0.39, 0.29) is 17.4 Å². The lowest BCUT2D eigenvalue weighted by atomic mass is 9.49. The molecule has 4 aliphatic rings. The Labute approximate surface area is 306 Å². The third-order valence-corrected chi connectivity index (χ3v) is 15.0. The minimum Gasteiger partial charge on any atom is -0.274 e. The highest BCUT2D eigenvalue weighted by atomic mass is 79.9. The van der Waals surface area contributed by atoms with Gasteiger partial charge >= 0.3 is 0 Å². The maximum atomic E-state index is 12.6. The number of halogens is 1. The average Bonchev–Trinajstić information content (AvgIpc) is 2.99. The average molecular weight is 846 g/mol. The van der Waals surface area contributed by atoms with Gasteiger partial charge in [-0.1, -0.05) is 40.2 Å². The second-order valence-corrected chi connectivity index (χ2v) is 20.8. The van der Waals surface area contributed by atoms with Crippen molar-refractivity contribution in [3.63, 3.8) is 0 Å². The molecule has 276 valence electrons. The van der Waals surface area contributed by atoms with E-state index in [4.69, 9.17) is 10.3 Å². The molecule has 4 aliphatic carbocycles. The van der Waals surface area contributed by atoms with Crippen molar-refractivity contribution < 1.29 is 43.3 Å². The lowest BCUT2D eigenvalue weighted by Gasteiger charge is -2.56. The van der Waals surface area contributed by atoms with E-state index >= 15 is 0 Å². The Bertz CT molecular complexity index is 2300. The Morgan fingerprint density at radius 3 is 1.51 bits per heavy atom. The molecule has 0 atom stereocenters. The molecular weight excluding hydrogens is 809 g/mol. The van der Waals surface area contributed by atoms with Crippen molar-refractivity contribution in [3.05, 3.63) is 82.3 Å². The predicted octanol–water partition coefficient (Wildman–Crippen LogP) is 3.27. The van der Waals surface area contributed by atoms with E-state index in [9.17, 15) is 43.3 Å². The molecule has 19 heteroatoms. The summed E-state index contributed by atoms with van der Waals surface area (Å²) in [4.78, 5) is 22.7. The zero-order valence-corrected chi connectivity index (χ0v) is 32.1. The molecular formula is C32H37BrN4O10S4. The maximum Gasteiger partial charge on any atom is 0.265 e. The van der Waals surface area contributed by atoms with Gasteiger partial charge in [0.25, 0.3) is 26.0 Å². The molecule has 6 N–H and O–H groups in total. The van der Waals surface area contributed by atoms with Crippen LogP contribution in [0.15, 0.2) is 90.8 Å². The summed E-state index contributed by atoms with van der Waals surface area (Å²) in [7, 11) is -17.2. The highest BCUT2D eigenvalue weighted by Crippen LogP contribution is 2.61. The number of carbonyl (C=O) groups is 2. The first kappa shape index (κ1) is 39.0. The van der Waals surface area contributed by atoms with E-state index in [0.717, 1.165) is 48.0 Å². The summed E-state index contributed by atoms with van der Waals surface area (Å²) in [6.45, 7) is 1.64. The van der Waals surface area contributed by atoms with Gasteiger partial charge in [-0.05, 0) is 117 Å². The third kappa shape index (κ3) is 9.06. The smallest absolute Gasteiger partial charge is 0.265 e. The Kier molecular flexibility index (Phi) is 11.0. The number of carbonyl (C=O) groups excluding carboxylic acids is 2. The lowest BCUT2D eigenvalue weighted by molar-refractivity contribution is -0.127. The largest absolute Gasteiger partial charge is 0.274 e. The molecule has 0 spiro atoms. The molecule has 4 bridgehead atoms. The van der Waals surface area contributed by atoms with Crippen LogP contribution in [-0.2, 0) is 44.9 Å². The zero-order valence-electron chi connectivity index (χ0n) is 27.3. The van der Waals surface area contributed by atoms with Crippen LogP contribution in [0, 0.1) is 30.1 Å². The first-order valence-corrected chi connectivity index (χ1v) is 22.6. The SMILES string of the molecule is Cc1cc(Br)ccc1C(=O)NS(=O)(=O)c1ccccc1S(N)(=O)=O.NS(=O)(=O)c1ccccc1S(=O)(=O)NC(=O)CC12CC3CC(CC(C3)C1)C2. The Morgan fingerprint density at radius 1 is 0.686 bits per heavy atom. The summed E-state index contributed by atoms with van der Waals surface area (Å²) < 4.78 is 101.